The minimum absolute atomic E-state index is 0.145. The minimum Gasteiger partial charge on any atom is -0.326 e. The third-order valence-electron chi connectivity index (χ3n) is 3.05. The fourth-order valence-corrected chi connectivity index (χ4v) is 1.65. The van der Waals surface area contributed by atoms with Crippen LogP contribution in [0.25, 0.3) is 0 Å². The standard InChI is InChI=1S/C13H17N3O2/c1-8-3-4-10(15-9(2)17)7-11(8)16-12(18)13(14)5-6-13/h3-4,7H,5-6,14H2,1-2H3,(H,15,17)(H,16,18). The summed E-state index contributed by atoms with van der Waals surface area (Å²) in [5.41, 5.74) is 7.40. The SMILES string of the molecule is CC(=O)Nc1ccc(C)c(NC(=O)C2(N)CC2)c1. The number of carbonyl (C=O) groups is 2. The fourth-order valence-electron chi connectivity index (χ4n) is 1.65. The van der Waals surface area contributed by atoms with Gasteiger partial charge in [-0.1, -0.05) is 6.07 Å². The molecule has 0 spiro atoms. The molecule has 0 bridgehead atoms. The van der Waals surface area contributed by atoms with E-state index >= 15 is 0 Å². The average Bonchev–Trinajstić information content (AvgIpc) is 3.02. The second-order valence-corrected chi connectivity index (χ2v) is 4.82. The lowest BCUT2D eigenvalue weighted by molar-refractivity contribution is -0.118. The van der Waals surface area contributed by atoms with Crippen molar-refractivity contribution < 1.29 is 9.59 Å². The Bertz CT molecular complexity index is 507. The molecule has 1 saturated carbocycles. The third-order valence-corrected chi connectivity index (χ3v) is 3.05. The van der Waals surface area contributed by atoms with Crippen LogP contribution in [0.2, 0.25) is 0 Å². The Morgan fingerprint density at radius 3 is 2.50 bits per heavy atom. The Labute approximate surface area is 106 Å². The lowest BCUT2D eigenvalue weighted by Gasteiger charge is -2.13. The van der Waals surface area contributed by atoms with Gasteiger partial charge in [0, 0.05) is 18.3 Å². The van der Waals surface area contributed by atoms with Crippen LogP contribution >= 0.6 is 0 Å². The molecule has 1 aromatic carbocycles. The van der Waals surface area contributed by atoms with Gasteiger partial charge in [0.2, 0.25) is 11.8 Å². The van der Waals surface area contributed by atoms with E-state index in [1.807, 2.05) is 13.0 Å². The molecule has 0 radical (unpaired) electrons. The highest BCUT2D eigenvalue weighted by Crippen LogP contribution is 2.34. The predicted octanol–water partition coefficient (Wildman–Crippen LogP) is 1.38. The van der Waals surface area contributed by atoms with Gasteiger partial charge < -0.3 is 16.4 Å². The largest absolute Gasteiger partial charge is 0.326 e. The summed E-state index contributed by atoms with van der Waals surface area (Å²) in [6.07, 6.45) is 1.45. The summed E-state index contributed by atoms with van der Waals surface area (Å²) in [6.45, 7) is 3.33. The summed E-state index contributed by atoms with van der Waals surface area (Å²) in [5, 5.41) is 5.49. The van der Waals surface area contributed by atoms with E-state index < -0.39 is 5.54 Å². The first-order chi connectivity index (χ1) is 8.40. The summed E-state index contributed by atoms with van der Waals surface area (Å²) in [7, 11) is 0. The van der Waals surface area contributed by atoms with E-state index in [-0.39, 0.29) is 11.8 Å². The van der Waals surface area contributed by atoms with Gasteiger partial charge >= 0.3 is 0 Å². The lowest BCUT2D eigenvalue weighted by atomic mass is 10.1. The minimum atomic E-state index is -0.698. The zero-order chi connectivity index (χ0) is 13.3. The number of benzene rings is 1. The molecule has 0 aromatic heterocycles. The number of amides is 2. The first kappa shape index (κ1) is 12.6. The summed E-state index contributed by atoms with van der Waals surface area (Å²) < 4.78 is 0. The van der Waals surface area contributed by atoms with Crippen LogP contribution in [0.3, 0.4) is 0 Å². The van der Waals surface area contributed by atoms with Crippen LogP contribution in [0, 0.1) is 6.92 Å². The fraction of sp³-hybridized carbons (Fsp3) is 0.385. The summed E-state index contributed by atoms with van der Waals surface area (Å²) in [4.78, 5) is 22.8. The number of nitrogens with one attached hydrogen (secondary N) is 2. The molecule has 0 heterocycles. The van der Waals surface area contributed by atoms with Crippen LogP contribution in [0.1, 0.15) is 25.3 Å². The highest BCUT2D eigenvalue weighted by Gasteiger charge is 2.46. The quantitative estimate of drug-likeness (QED) is 0.754. The van der Waals surface area contributed by atoms with Gasteiger partial charge in [-0.25, -0.2) is 0 Å². The van der Waals surface area contributed by atoms with E-state index in [2.05, 4.69) is 10.6 Å². The molecular weight excluding hydrogens is 230 g/mol. The monoisotopic (exact) mass is 247 g/mol. The van der Waals surface area contributed by atoms with Crippen molar-refractivity contribution in [2.24, 2.45) is 5.73 Å². The number of rotatable bonds is 3. The highest BCUT2D eigenvalue weighted by molar-refractivity contribution is 6.01. The molecule has 1 aliphatic rings. The maximum Gasteiger partial charge on any atom is 0.244 e. The van der Waals surface area contributed by atoms with Gasteiger partial charge in [-0.15, -0.1) is 0 Å². The van der Waals surface area contributed by atoms with Crippen LogP contribution in [-0.2, 0) is 9.59 Å². The highest BCUT2D eigenvalue weighted by atomic mass is 16.2. The van der Waals surface area contributed by atoms with E-state index in [9.17, 15) is 9.59 Å². The number of nitrogens with two attached hydrogens (primary N) is 1. The molecule has 2 rings (SSSR count). The van der Waals surface area contributed by atoms with Gasteiger partial charge in [-0.05, 0) is 37.5 Å². The van der Waals surface area contributed by atoms with Crippen molar-refractivity contribution in [3.63, 3.8) is 0 Å². The maximum absolute atomic E-state index is 11.9. The molecule has 0 atom stereocenters. The van der Waals surface area contributed by atoms with E-state index in [0.717, 1.165) is 18.4 Å². The average molecular weight is 247 g/mol. The summed E-state index contributed by atoms with van der Waals surface area (Å²) in [5.74, 6) is -0.306. The van der Waals surface area contributed by atoms with Crippen LogP contribution in [0.15, 0.2) is 18.2 Å². The number of aryl methyl sites for hydroxylation is 1. The van der Waals surface area contributed by atoms with Crippen LogP contribution in [-0.4, -0.2) is 17.4 Å². The first-order valence-electron chi connectivity index (χ1n) is 5.89. The Morgan fingerprint density at radius 1 is 1.28 bits per heavy atom. The molecule has 0 saturated heterocycles. The molecule has 1 fully saturated rings. The van der Waals surface area contributed by atoms with E-state index in [0.29, 0.717) is 11.4 Å². The molecular formula is C13H17N3O2. The normalized spacial score (nSPS) is 15.9. The predicted molar refractivity (Wildman–Crippen MR) is 70.3 cm³/mol. The maximum atomic E-state index is 11.9. The molecule has 0 aliphatic heterocycles. The molecule has 18 heavy (non-hydrogen) atoms. The smallest absolute Gasteiger partial charge is 0.244 e. The molecule has 96 valence electrons. The molecule has 2 amide bonds. The van der Waals surface area contributed by atoms with Crippen molar-refractivity contribution in [2.75, 3.05) is 10.6 Å². The van der Waals surface area contributed by atoms with Gasteiger partial charge in [0.15, 0.2) is 0 Å². The topological polar surface area (TPSA) is 84.2 Å². The summed E-state index contributed by atoms with van der Waals surface area (Å²) >= 11 is 0. The van der Waals surface area contributed by atoms with Gasteiger partial charge in [0.05, 0.1) is 5.54 Å². The van der Waals surface area contributed by atoms with Gasteiger partial charge in [-0.2, -0.15) is 0 Å². The van der Waals surface area contributed by atoms with E-state index in [1.54, 1.807) is 12.1 Å². The van der Waals surface area contributed by atoms with Crippen molar-refractivity contribution in [2.45, 2.75) is 32.2 Å². The number of anilines is 2. The van der Waals surface area contributed by atoms with Crippen LogP contribution in [0.4, 0.5) is 11.4 Å². The Morgan fingerprint density at radius 2 is 1.94 bits per heavy atom. The van der Waals surface area contributed by atoms with Crippen LogP contribution < -0.4 is 16.4 Å². The van der Waals surface area contributed by atoms with Crippen molar-refractivity contribution in [3.05, 3.63) is 23.8 Å². The second-order valence-electron chi connectivity index (χ2n) is 4.82. The molecule has 4 N–H and O–H groups in total. The molecule has 5 heteroatoms. The Balaban J connectivity index is 2.16. The van der Waals surface area contributed by atoms with Crippen LogP contribution in [0.5, 0.6) is 0 Å². The molecule has 1 aliphatic carbocycles. The number of hydrogen-bond acceptors (Lipinski definition) is 3. The summed E-state index contributed by atoms with van der Waals surface area (Å²) in [6, 6.07) is 5.37. The zero-order valence-electron chi connectivity index (χ0n) is 10.5. The molecule has 0 unspecified atom stereocenters. The van der Waals surface area contributed by atoms with Crippen molar-refractivity contribution in [1.82, 2.24) is 0 Å². The Kier molecular flexibility index (Phi) is 3.09. The van der Waals surface area contributed by atoms with Crippen molar-refractivity contribution >= 4 is 23.2 Å². The zero-order valence-corrected chi connectivity index (χ0v) is 10.5. The van der Waals surface area contributed by atoms with Gasteiger partial charge in [0.25, 0.3) is 0 Å². The van der Waals surface area contributed by atoms with Gasteiger partial charge in [0.1, 0.15) is 0 Å². The van der Waals surface area contributed by atoms with E-state index in [4.69, 9.17) is 5.73 Å². The number of carbonyl (C=O) groups excluding carboxylic acids is 2. The molecule has 5 nitrogen and oxygen atoms in total. The van der Waals surface area contributed by atoms with Crippen molar-refractivity contribution in [1.29, 1.82) is 0 Å². The third kappa shape index (κ3) is 2.68. The number of hydrogen-bond donors (Lipinski definition) is 3. The lowest BCUT2D eigenvalue weighted by Crippen LogP contribution is -2.38. The van der Waals surface area contributed by atoms with Crippen molar-refractivity contribution in [3.8, 4) is 0 Å². The first-order valence-corrected chi connectivity index (χ1v) is 5.89. The van der Waals surface area contributed by atoms with Gasteiger partial charge in [-0.3, -0.25) is 9.59 Å². The van der Waals surface area contributed by atoms with E-state index in [1.165, 1.54) is 6.92 Å². The second kappa shape index (κ2) is 4.42. The molecule has 1 aromatic rings. The Hall–Kier alpha value is -1.88.